The second kappa shape index (κ2) is 8.09. The molecule has 0 aliphatic heterocycles. The van der Waals surface area contributed by atoms with E-state index < -0.39 is 11.9 Å². The molecule has 0 heterocycles. The second-order valence-electron chi connectivity index (χ2n) is 4.82. The average molecular weight is 292 g/mol. The molecule has 0 aliphatic rings. The summed E-state index contributed by atoms with van der Waals surface area (Å²) >= 11 is 0. The van der Waals surface area contributed by atoms with E-state index >= 15 is 0 Å². The number of esters is 2. The maximum atomic E-state index is 11.6. The Hall–Kier alpha value is -2.30. The molecule has 0 unspecified atom stereocenters. The van der Waals surface area contributed by atoms with Crippen LogP contribution in [0.2, 0.25) is 0 Å². The molecule has 0 spiro atoms. The van der Waals surface area contributed by atoms with Crippen molar-refractivity contribution >= 4 is 18.0 Å². The highest BCUT2D eigenvalue weighted by Gasteiger charge is 2.19. The maximum Gasteiger partial charge on any atom is 0.345 e. The first kappa shape index (κ1) is 16.8. The van der Waals surface area contributed by atoms with Crippen LogP contribution >= 0.6 is 0 Å². The van der Waals surface area contributed by atoms with Gasteiger partial charge in [-0.3, -0.25) is 0 Å². The minimum atomic E-state index is -0.740. The Morgan fingerprint density at radius 2 is 1.76 bits per heavy atom. The molecular formula is C16H20O5. The lowest BCUT2D eigenvalue weighted by atomic mass is 10.1. The third-order valence-electron chi connectivity index (χ3n) is 2.56. The summed E-state index contributed by atoms with van der Waals surface area (Å²) in [4.78, 5) is 23.2. The van der Waals surface area contributed by atoms with E-state index in [0.29, 0.717) is 23.8 Å². The third kappa shape index (κ3) is 5.30. The molecule has 0 radical (unpaired) electrons. The fourth-order valence-corrected chi connectivity index (χ4v) is 1.54. The Morgan fingerprint density at radius 3 is 2.29 bits per heavy atom. The van der Waals surface area contributed by atoms with E-state index in [0.717, 1.165) is 0 Å². The summed E-state index contributed by atoms with van der Waals surface area (Å²) in [5.74, 6) is -0.401. The normalized spacial score (nSPS) is 9.95. The Balaban J connectivity index is 3.01. The summed E-state index contributed by atoms with van der Waals surface area (Å²) in [6.45, 7) is 4.70. The molecule has 0 saturated carbocycles. The van der Waals surface area contributed by atoms with Gasteiger partial charge in [-0.25, -0.2) is 9.59 Å². The van der Waals surface area contributed by atoms with E-state index in [2.05, 4.69) is 23.3 Å². The van der Waals surface area contributed by atoms with Crippen molar-refractivity contribution in [3.05, 3.63) is 35.4 Å². The number of carbonyl (C=O) groups excluding carboxylic acids is 2. The number of methoxy groups -OCH3 is 2. The van der Waals surface area contributed by atoms with Gasteiger partial charge >= 0.3 is 11.9 Å². The number of benzene rings is 1. The highest BCUT2D eigenvalue weighted by Crippen LogP contribution is 2.17. The van der Waals surface area contributed by atoms with Crippen molar-refractivity contribution in [3.8, 4) is 5.75 Å². The molecule has 5 nitrogen and oxygen atoms in total. The van der Waals surface area contributed by atoms with Gasteiger partial charge in [0.15, 0.2) is 0 Å². The van der Waals surface area contributed by atoms with Gasteiger partial charge in [0, 0.05) is 0 Å². The van der Waals surface area contributed by atoms with Gasteiger partial charge in [-0.05, 0) is 29.7 Å². The zero-order valence-electron chi connectivity index (χ0n) is 12.7. The lowest BCUT2D eigenvalue weighted by Crippen LogP contribution is -2.15. The standard InChI is InChI=1S/C16H20O5/c1-11(2)10-21-13-7-5-6-12(8-13)9-14(15(17)19-3)16(18)20-4/h5-9,11H,10H2,1-4H3. The van der Waals surface area contributed by atoms with E-state index in [4.69, 9.17) is 4.74 Å². The highest BCUT2D eigenvalue weighted by molar-refractivity contribution is 6.17. The van der Waals surface area contributed by atoms with Crippen molar-refractivity contribution in [3.63, 3.8) is 0 Å². The monoisotopic (exact) mass is 292 g/mol. The van der Waals surface area contributed by atoms with Gasteiger partial charge < -0.3 is 14.2 Å². The Kier molecular flexibility index (Phi) is 6.46. The zero-order valence-corrected chi connectivity index (χ0v) is 12.7. The summed E-state index contributed by atoms with van der Waals surface area (Å²) in [7, 11) is 2.42. The van der Waals surface area contributed by atoms with Crippen LogP contribution in [0, 0.1) is 5.92 Å². The van der Waals surface area contributed by atoms with Crippen LogP contribution < -0.4 is 4.74 Å². The molecule has 1 rings (SSSR count). The molecule has 5 heteroatoms. The first-order valence-corrected chi connectivity index (χ1v) is 6.59. The highest BCUT2D eigenvalue weighted by atomic mass is 16.5. The molecule has 1 aromatic carbocycles. The van der Waals surface area contributed by atoms with Gasteiger partial charge in [0.1, 0.15) is 11.3 Å². The van der Waals surface area contributed by atoms with Crippen LogP contribution in [0.15, 0.2) is 29.8 Å². The predicted octanol–water partition coefficient (Wildman–Crippen LogP) is 2.45. The minimum Gasteiger partial charge on any atom is -0.493 e. The van der Waals surface area contributed by atoms with Crippen molar-refractivity contribution in [2.45, 2.75) is 13.8 Å². The molecule has 0 N–H and O–H groups in total. The van der Waals surface area contributed by atoms with Gasteiger partial charge in [0.25, 0.3) is 0 Å². The largest absolute Gasteiger partial charge is 0.493 e. The predicted molar refractivity (Wildman–Crippen MR) is 78.8 cm³/mol. The molecule has 0 aliphatic carbocycles. The minimum absolute atomic E-state index is 0.166. The summed E-state index contributed by atoms with van der Waals surface area (Å²) in [5.41, 5.74) is 0.489. The van der Waals surface area contributed by atoms with Crippen LogP contribution in [0.25, 0.3) is 6.08 Å². The summed E-state index contributed by atoms with van der Waals surface area (Å²) in [6.07, 6.45) is 1.42. The molecule has 0 amide bonds. The van der Waals surface area contributed by atoms with Gasteiger partial charge in [-0.1, -0.05) is 26.0 Å². The maximum absolute atomic E-state index is 11.6. The van der Waals surface area contributed by atoms with Crippen molar-refractivity contribution < 1.29 is 23.8 Å². The number of carbonyl (C=O) groups is 2. The van der Waals surface area contributed by atoms with Gasteiger partial charge in [0.05, 0.1) is 20.8 Å². The van der Waals surface area contributed by atoms with E-state index in [1.165, 1.54) is 20.3 Å². The van der Waals surface area contributed by atoms with Crippen LogP contribution in [-0.2, 0) is 19.1 Å². The molecule has 0 atom stereocenters. The topological polar surface area (TPSA) is 61.8 Å². The third-order valence-corrected chi connectivity index (χ3v) is 2.56. The number of rotatable bonds is 6. The summed E-state index contributed by atoms with van der Waals surface area (Å²) in [6, 6.07) is 7.10. The number of hydrogen-bond donors (Lipinski definition) is 0. The molecule has 1 aromatic rings. The van der Waals surface area contributed by atoms with Gasteiger partial charge in [-0.15, -0.1) is 0 Å². The lowest BCUT2D eigenvalue weighted by Gasteiger charge is -2.09. The van der Waals surface area contributed by atoms with Crippen molar-refractivity contribution in [2.24, 2.45) is 5.92 Å². The summed E-state index contributed by atoms with van der Waals surface area (Å²) < 4.78 is 14.8. The van der Waals surface area contributed by atoms with Crippen LogP contribution in [0.1, 0.15) is 19.4 Å². The first-order chi connectivity index (χ1) is 9.97. The first-order valence-electron chi connectivity index (χ1n) is 6.59. The van der Waals surface area contributed by atoms with Crippen LogP contribution in [-0.4, -0.2) is 32.8 Å². The van der Waals surface area contributed by atoms with Crippen LogP contribution in [0.4, 0.5) is 0 Å². The second-order valence-corrected chi connectivity index (χ2v) is 4.82. The van der Waals surface area contributed by atoms with Crippen molar-refractivity contribution in [1.82, 2.24) is 0 Å². The molecule has 0 saturated heterocycles. The van der Waals surface area contributed by atoms with E-state index in [1.54, 1.807) is 18.2 Å². The zero-order chi connectivity index (χ0) is 15.8. The van der Waals surface area contributed by atoms with Gasteiger partial charge in [-0.2, -0.15) is 0 Å². The van der Waals surface area contributed by atoms with E-state index in [-0.39, 0.29) is 5.57 Å². The van der Waals surface area contributed by atoms with E-state index in [1.807, 2.05) is 6.07 Å². The average Bonchev–Trinajstić information content (AvgIpc) is 2.49. The molecule has 114 valence electrons. The van der Waals surface area contributed by atoms with Gasteiger partial charge in [0.2, 0.25) is 0 Å². The Labute approximate surface area is 124 Å². The molecule has 0 aromatic heterocycles. The summed E-state index contributed by atoms with van der Waals surface area (Å²) in [5, 5.41) is 0. The quantitative estimate of drug-likeness (QED) is 0.349. The molecular weight excluding hydrogens is 272 g/mol. The van der Waals surface area contributed by atoms with Crippen molar-refractivity contribution in [2.75, 3.05) is 20.8 Å². The number of ether oxygens (including phenoxy) is 3. The Morgan fingerprint density at radius 1 is 1.14 bits per heavy atom. The fourth-order valence-electron chi connectivity index (χ4n) is 1.54. The Bertz CT molecular complexity index is 513. The van der Waals surface area contributed by atoms with Crippen molar-refractivity contribution in [1.29, 1.82) is 0 Å². The molecule has 21 heavy (non-hydrogen) atoms. The van der Waals surface area contributed by atoms with Crippen LogP contribution in [0.5, 0.6) is 5.75 Å². The number of hydrogen-bond acceptors (Lipinski definition) is 5. The lowest BCUT2D eigenvalue weighted by molar-refractivity contribution is -0.143. The molecule has 0 bridgehead atoms. The molecule has 0 fully saturated rings. The van der Waals surface area contributed by atoms with Crippen LogP contribution in [0.3, 0.4) is 0 Å². The SMILES string of the molecule is COC(=O)C(=Cc1cccc(OCC(C)C)c1)C(=O)OC. The fraction of sp³-hybridized carbons (Fsp3) is 0.375. The smallest absolute Gasteiger partial charge is 0.345 e. The van der Waals surface area contributed by atoms with E-state index in [9.17, 15) is 9.59 Å².